The minimum absolute atomic E-state index is 0.0572. The van der Waals surface area contributed by atoms with E-state index >= 15 is 0 Å². The summed E-state index contributed by atoms with van der Waals surface area (Å²) in [4.78, 5) is 12.3. The minimum Gasteiger partial charge on any atom is -0.493 e. The number of carbonyl (C=O) groups excluding carboxylic acids is 1. The summed E-state index contributed by atoms with van der Waals surface area (Å²) < 4.78 is 16.7. The molecule has 0 amide bonds. The van der Waals surface area contributed by atoms with Crippen molar-refractivity contribution < 1.29 is 19.0 Å². The van der Waals surface area contributed by atoms with Crippen LogP contribution >= 0.6 is 0 Å². The molecule has 2 aliphatic rings. The molecule has 0 bridgehead atoms. The van der Waals surface area contributed by atoms with Gasteiger partial charge in [-0.15, -0.1) is 0 Å². The maximum atomic E-state index is 12.3. The average molecular weight is 333 g/mol. The first kappa shape index (κ1) is 17.1. The van der Waals surface area contributed by atoms with E-state index in [2.05, 4.69) is 5.32 Å². The first-order chi connectivity index (χ1) is 11.6. The highest BCUT2D eigenvalue weighted by molar-refractivity contribution is 5.78. The van der Waals surface area contributed by atoms with Gasteiger partial charge >= 0.3 is 5.97 Å². The number of carbonyl (C=O) groups is 1. The van der Waals surface area contributed by atoms with Gasteiger partial charge in [0.1, 0.15) is 0 Å². The summed E-state index contributed by atoms with van der Waals surface area (Å²) >= 11 is 0. The highest BCUT2D eigenvalue weighted by Crippen LogP contribution is 2.43. The molecule has 0 aromatic heterocycles. The summed E-state index contributed by atoms with van der Waals surface area (Å²) in [6.45, 7) is 3.33. The molecule has 1 saturated heterocycles. The van der Waals surface area contributed by atoms with Gasteiger partial charge in [-0.3, -0.25) is 4.79 Å². The third kappa shape index (κ3) is 3.09. The van der Waals surface area contributed by atoms with Crippen molar-refractivity contribution in [2.75, 3.05) is 27.3 Å². The fourth-order valence-corrected chi connectivity index (χ4v) is 3.95. The van der Waals surface area contributed by atoms with Crippen molar-refractivity contribution in [2.45, 2.75) is 44.6 Å². The van der Waals surface area contributed by atoms with Crippen LogP contribution in [0, 0.1) is 5.41 Å². The molecule has 2 atom stereocenters. The molecule has 5 heteroatoms. The van der Waals surface area contributed by atoms with Gasteiger partial charge in [0, 0.05) is 19.0 Å². The predicted molar refractivity (Wildman–Crippen MR) is 91.6 cm³/mol. The quantitative estimate of drug-likeness (QED) is 0.840. The highest BCUT2D eigenvalue weighted by Gasteiger charge is 2.47. The number of nitrogens with one attached hydrogen (secondary N) is 1. The zero-order chi connectivity index (χ0) is 17.2. The molecule has 1 aromatic rings. The van der Waals surface area contributed by atoms with Crippen molar-refractivity contribution in [3.63, 3.8) is 0 Å². The van der Waals surface area contributed by atoms with Crippen molar-refractivity contribution in [3.05, 3.63) is 23.8 Å². The molecule has 2 fully saturated rings. The zero-order valence-corrected chi connectivity index (χ0v) is 14.8. The lowest BCUT2D eigenvalue weighted by Crippen LogP contribution is -2.35. The smallest absolute Gasteiger partial charge is 0.313 e. The van der Waals surface area contributed by atoms with E-state index in [4.69, 9.17) is 14.2 Å². The summed E-state index contributed by atoms with van der Waals surface area (Å²) in [6, 6.07) is 6.00. The first-order valence-corrected chi connectivity index (χ1v) is 8.72. The lowest BCUT2D eigenvalue weighted by molar-refractivity contribution is -0.151. The van der Waals surface area contributed by atoms with Crippen LogP contribution in [0.5, 0.6) is 11.5 Å². The Balaban J connectivity index is 1.88. The van der Waals surface area contributed by atoms with Gasteiger partial charge in [-0.25, -0.2) is 0 Å². The molecule has 24 heavy (non-hydrogen) atoms. The molecule has 1 aliphatic heterocycles. The molecule has 1 heterocycles. The van der Waals surface area contributed by atoms with Crippen molar-refractivity contribution in [1.29, 1.82) is 0 Å². The van der Waals surface area contributed by atoms with Crippen LogP contribution in [-0.2, 0) is 9.53 Å². The third-order valence-electron chi connectivity index (χ3n) is 5.45. The molecule has 1 saturated carbocycles. The van der Waals surface area contributed by atoms with Gasteiger partial charge in [-0.05, 0) is 50.3 Å². The fraction of sp³-hybridized carbons (Fsp3) is 0.632. The molecule has 1 aromatic carbocycles. The van der Waals surface area contributed by atoms with E-state index in [1.54, 1.807) is 7.11 Å². The van der Waals surface area contributed by atoms with Crippen LogP contribution in [0.2, 0.25) is 0 Å². The number of benzene rings is 1. The molecule has 1 N–H and O–H groups in total. The summed E-state index contributed by atoms with van der Waals surface area (Å²) in [6.07, 6.45) is 4.90. The Morgan fingerprint density at radius 3 is 2.62 bits per heavy atom. The highest BCUT2D eigenvalue weighted by atomic mass is 16.5. The maximum absolute atomic E-state index is 12.3. The van der Waals surface area contributed by atoms with Crippen LogP contribution in [0.25, 0.3) is 0 Å². The largest absolute Gasteiger partial charge is 0.493 e. The standard InChI is InChI=1S/C19H27NO4/c1-19(18(21)23-3)12-20-11-15(19)13-8-9-16(22-2)17(10-13)24-14-6-4-5-7-14/h8-10,14-15,20H,4-7,11-12H2,1-3H3/t15-,19+/m1/s1. The van der Waals surface area contributed by atoms with Crippen molar-refractivity contribution in [1.82, 2.24) is 5.32 Å². The molecular formula is C19H27NO4. The number of methoxy groups -OCH3 is 2. The van der Waals surface area contributed by atoms with Gasteiger partial charge < -0.3 is 19.5 Å². The third-order valence-corrected chi connectivity index (χ3v) is 5.45. The monoisotopic (exact) mass is 333 g/mol. The molecule has 1 aliphatic carbocycles. The summed E-state index contributed by atoms with van der Waals surface area (Å²) in [5.74, 6) is 1.41. The predicted octanol–water partition coefficient (Wildman–Crippen LogP) is 2.88. The van der Waals surface area contributed by atoms with E-state index in [1.165, 1.54) is 20.0 Å². The molecule has 0 spiro atoms. The average Bonchev–Trinajstić information content (AvgIpc) is 3.24. The van der Waals surface area contributed by atoms with E-state index in [0.717, 1.165) is 36.4 Å². The number of esters is 1. The van der Waals surface area contributed by atoms with Crippen LogP contribution in [0.4, 0.5) is 0 Å². The van der Waals surface area contributed by atoms with Crippen molar-refractivity contribution in [3.8, 4) is 11.5 Å². The van der Waals surface area contributed by atoms with E-state index in [-0.39, 0.29) is 18.0 Å². The Labute approximate surface area is 143 Å². The topological polar surface area (TPSA) is 56.8 Å². The lowest BCUT2D eigenvalue weighted by atomic mass is 9.76. The Kier molecular flexibility index (Phi) is 4.99. The Bertz CT molecular complexity index is 597. The first-order valence-electron chi connectivity index (χ1n) is 8.72. The van der Waals surface area contributed by atoms with E-state index in [1.807, 2.05) is 25.1 Å². The van der Waals surface area contributed by atoms with E-state index in [9.17, 15) is 4.79 Å². The molecule has 0 radical (unpaired) electrons. The number of hydrogen-bond acceptors (Lipinski definition) is 5. The fourth-order valence-electron chi connectivity index (χ4n) is 3.95. The van der Waals surface area contributed by atoms with Crippen LogP contribution in [0.3, 0.4) is 0 Å². The molecule has 0 unspecified atom stereocenters. The van der Waals surface area contributed by atoms with Crippen LogP contribution in [0.15, 0.2) is 18.2 Å². The summed E-state index contributed by atoms with van der Waals surface area (Å²) in [5, 5.41) is 3.32. The van der Waals surface area contributed by atoms with Gasteiger partial charge in [0.05, 0.1) is 25.7 Å². The SMILES string of the molecule is COC(=O)[C@@]1(C)CNC[C@@H]1c1ccc(OC)c(OC2CCCC2)c1. The zero-order valence-electron chi connectivity index (χ0n) is 14.8. The second kappa shape index (κ2) is 7.01. The Morgan fingerprint density at radius 2 is 1.96 bits per heavy atom. The van der Waals surface area contributed by atoms with Gasteiger partial charge in [-0.2, -0.15) is 0 Å². The maximum Gasteiger partial charge on any atom is 0.313 e. The summed E-state index contributed by atoms with van der Waals surface area (Å²) in [7, 11) is 3.11. The van der Waals surface area contributed by atoms with Gasteiger partial charge in [-0.1, -0.05) is 6.07 Å². The number of rotatable bonds is 5. The van der Waals surface area contributed by atoms with E-state index < -0.39 is 5.41 Å². The van der Waals surface area contributed by atoms with Gasteiger partial charge in [0.2, 0.25) is 0 Å². The minimum atomic E-state index is -0.562. The van der Waals surface area contributed by atoms with Crippen molar-refractivity contribution in [2.24, 2.45) is 5.41 Å². The lowest BCUT2D eigenvalue weighted by Gasteiger charge is -2.28. The second-order valence-electron chi connectivity index (χ2n) is 7.03. The molecule has 3 rings (SSSR count). The van der Waals surface area contributed by atoms with Crippen LogP contribution in [-0.4, -0.2) is 39.4 Å². The number of ether oxygens (including phenoxy) is 3. The number of hydrogen-bond donors (Lipinski definition) is 1. The van der Waals surface area contributed by atoms with E-state index in [0.29, 0.717) is 6.54 Å². The molecule has 5 nitrogen and oxygen atoms in total. The van der Waals surface area contributed by atoms with Gasteiger partial charge in [0.25, 0.3) is 0 Å². The summed E-state index contributed by atoms with van der Waals surface area (Å²) in [5.41, 5.74) is 0.523. The normalized spacial score (nSPS) is 27.2. The van der Waals surface area contributed by atoms with Crippen LogP contribution in [0.1, 0.15) is 44.1 Å². The Morgan fingerprint density at radius 1 is 1.21 bits per heavy atom. The Hall–Kier alpha value is -1.75. The molecular weight excluding hydrogens is 306 g/mol. The van der Waals surface area contributed by atoms with Gasteiger partial charge in [0.15, 0.2) is 11.5 Å². The van der Waals surface area contributed by atoms with Crippen molar-refractivity contribution >= 4 is 5.97 Å². The second-order valence-corrected chi connectivity index (χ2v) is 7.03. The van der Waals surface area contributed by atoms with Crippen LogP contribution < -0.4 is 14.8 Å². The molecule has 132 valence electrons.